The number of nitrogens with zero attached hydrogens (tertiary/aromatic N) is 3. The van der Waals surface area contributed by atoms with Gasteiger partial charge in [0.25, 0.3) is 11.8 Å². The van der Waals surface area contributed by atoms with Crippen molar-refractivity contribution in [2.24, 2.45) is 11.8 Å². The molecule has 16 nitrogen and oxygen atoms in total. The lowest BCUT2D eigenvalue weighted by molar-refractivity contribution is -0.151. The standard InChI is InChI=1S/C46H60F2N6O10S.C2H6.3H2/c1-11-12-13-29-23-46(29,41(57)53-65(59,60)44(8)18-19-44)52-38(55)36-22-32(25-54(36)40(56)37(26(2)3)51-42(58)64-43(6,7)45(9,47)48)63-39-33-16-14-30(61-10)20-28(33)21-35(50-39)34-17-15-31(24-49-34)62-27(4)5;1-2;;;/h12-17,20-21,24,26-27,29,32,36-37H,11,18-19,22-23,25H2,1-10H3,(H,51,58)(H,52,55)(H,53,57);1-2H3;3*1H/b13-12-;;;;/t29-,32-,36+,37?,46-;;;;/m1..../s1. The highest BCUT2D eigenvalue weighted by Crippen LogP contribution is 2.47. The molecule has 6 rings (SSSR count). The molecular weight excluding hydrogens is 891 g/mol. The number of nitrogens with one attached hydrogen (secondary N) is 3. The Morgan fingerprint density at radius 2 is 1.69 bits per heavy atom. The molecule has 1 aromatic carbocycles. The molecule has 1 aliphatic heterocycles. The number of hydrogen-bond acceptors (Lipinski definition) is 12. The van der Waals surface area contributed by atoms with Crippen molar-refractivity contribution < 1.29 is 59.6 Å². The Morgan fingerprint density at radius 3 is 2.25 bits per heavy atom. The maximum atomic E-state index is 14.7. The van der Waals surface area contributed by atoms with E-state index in [2.05, 4.69) is 20.3 Å². The van der Waals surface area contributed by atoms with Crippen LogP contribution in [0.2, 0.25) is 0 Å². The summed E-state index contributed by atoms with van der Waals surface area (Å²) in [6.45, 7) is 17.0. The van der Waals surface area contributed by atoms with E-state index in [1.54, 1.807) is 63.4 Å². The van der Waals surface area contributed by atoms with Crippen molar-refractivity contribution in [3.05, 3.63) is 54.7 Å². The van der Waals surface area contributed by atoms with E-state index in [1.807, 2.05) is 46.8 Å². The number of alkyl halides is 2. The number of hydrogen-bond donors (Lipinski definition) is 3. The molecule has 374 valence electrons. The SMILES string of the molecule is CC.CC/C=C\[C@@H]1C[C@]1(NC(=O)[C@@H]1C[C@@H](Oc2nc(-c3ccc(OC(C)C)cn3)cc3cc(OC)ccc23)CN1C(=O)C(NC(=O)OC(C)(C)C(C)(F)F)C(C)C)C(=O)NS(=O)(=O)C1(C)CC1.[HH].[HH].[HH]. The van der Waals surface area contributed by atoms with E-state index in [9.17, 15) is 36.4 Å². The van der Waals surface area contributed by atoms with Crippen molar-refractivity contribution in [1.29, 1.82) is 0 Å². The van der Waals surface area contributed by atoms with Crippen LogP contribution < -0.4 is 29.6 Å². The van der Waals surface area contributed by atoms with Crippen molar-refractivity contribution >= 4 is 44.6 Å². The predicted octanol–water partition coefficient (Wildman–Crippen LogP) is 8.23. The van der Waals surface area contributed by atoms with Gasteiger partial charge in [-0.2, -0.15) is 0 Å². The number of ether oxygens (including phenoxy) is 4. The van der Waals surface area contributed by atoms with E-state index >= 15 is 0 Å². The first kappa shape index (κ1) is 52.4. The fraction of sp³-hybridized carbons (Fsp3) is 0.583. The third-order valence-electron chi connectivity index (χ3n) is 12.3. The minimum atomic E-state index is -4.09. The number of carbonyl (C=O) groups excluding carboxylic acids is 4. The van der Waals surface area contributed by atoms with E-state index in [-0.39, 0.29) is 35.7 Å². The van der Waals surface area contributed by atoms with Crippen LogP contribution >= 0.6 is 0 Å². The molecule has 4 amide bonds. The Morgan fingerprint density at radius 1 is 1.01 bits per heavy atom. The van der Waals surface area contributed by atoms with Gasteiger partial charge in [-0.1, -0.05) is 46.8 Å². The van der Waals surface area contributed by atoms with Gasteiger partial charge in [0.2, 0.25) is 27.7 Å². The molecule has 3 heterocycles. The van der Waals surface area contributed by atoms with Gasteiger partial charge in [-0.3, -0.25) is 24.1 Å². The van der Waals surface area contributed by atoms with Crippen LogP contribution in [0, 0.1) is 11.8 Å². The summed E-state index contributed by atoms with van der Waals surface area (Å²) >= 11 is 0. The first-order valence-electron chi connectivity index (χ1n) is 22.9. The van der Waals surface area contributed by atoms with E-state index in [0.29, 0.717) is 59.8 Å². The molecule has 5 atom stereocenters. The lowest BCUT2D eigenvalue weighted by Crippen LogP contribution is -2.59. The third kappa shape index (κ3) is 11.8. The molecule has 19 heteroatoms. The maximum Gasteiger partial charge on any atom is 0.408 e. The second kappa shape index (κ2) is 20.3. The number of fused-ring (bicyclic) bond motifs is 1. The average Bonchev–Trinajstić information content (AvgIpc) is 4.14. The zero-order valence-electron chi connectivity index (χ0n) is 40.5. The number of methoxy groups -OCH3 is 1. The van der Waals surface area contributed by atoms with Crippen LogP contribution in [-0.2, 0) is 29.1 Å². The number of rotatable bonds is 18. The van der Waals surface area contributed by atoms with Crippen molar-refractivity contribution in [2.45, 2.75) is 154 Å². The number of alkyl carbamates (subject to hydrolysis) is 1. The van der Waals surface area contributed by atoms with Gasteiger partial charge in [-0.15, -0.1) is 0 Å². The number of benzene rings is 1. The number of pyridine rings is 2. The lowest BCUT2D eigenvalue weighted by Gasteiger charge is -2.34. The molecule has 1 unspecified atom stereocenters. The van der Waals surface area contributed by atoms with Gasteiger partial charge in [-0.05, 0) is 108 Å². The molecule has 67 heavy (non-hydrogen) atoms. The number of halogens is 2. The number of sulfonamides is 1. The Labute approximate surface area is 396 Å². The van der Waals surface area contributed by atoms with Crippen LogP contribution in [0.3, 0.4) is 0 Å². The Kier molecular flexibility index (Phi) is 15.9. The molecule has 0 bridgehead atoms. The highest BCUT2D eigenvalue weighted by atomic mass is 32.2. The van der Waals surface area contributed by atoms with E-state index < -0.39 is 85.7 Å². The summed E-state index contributed by atoms with van der Waals surface area (Å²) in [5.74, 6) is -5.78. The zero-order chi connectivity index (χ0) is 49.9. The zero-order valence-corrected chi connectivity index (χ0v) is 41.3. The smallest absolute Gasteiger partial charge is 0.408 e. The van der Waals surface area contributed by atoms with Gasteiger partial charge >= 0.3 is 6.09 Å². The summed E-state index contributed by atoms with van der Waals surface area (Å²) < 4.78 is 79.3. The summed E-state index contributed by atoms with van der Waals surface area (Å²) in [6, 6.07) is 7.93. The van der Waals surface area contributed by atoms with Crippen LogP contribution in [0.1, 0.15) is 113 Å². The van der Waals surface area contributed by atoms with Crippen LogP contribution in [0.25, 0.3) is 22.2 Å². The molecule has 2 saturated carbocycles. The normalized spacial score (nSPS) is 21.6. The highest BCUT2D eigenvalue weighted by molar-refractivity contribution is 7.91. The van der Waals surface area contributed by atoms with Gasteiger partial charge in [0.1, 0.15) is 35.2 Å². The van der Waals surface area contributed by atoms with Crippen molar-refractivity contribution in [3.63, 3.8) is 0 Å². The molecule has 3 fully saturated rings. The third-order valence-corrected chi connectivity index (χ3v) is 14.5. The lowest BCUT2D eigenvalue weighted by atomic mass is 10.0. The first-order chi connectivity index (χ1) is 31.3. The molecule has 2 aromatic heterocycles. The molecule has 3 N–H and O–H groups in total. The molecule has 0 spiro atoms. The van der Waals surface area contributed by atoms with Gasteiger partial charge in [0.05, 0.1) is 42.1 Å². The maximum absolute atomic E-state index is 14.7. The second-order valence-corrected chi connectivity index (χ2v) is 20.8. The van der Waals surface area contributed by atoms with Crippen LogP contribution in [0.5, 0.6) is 17.4 Å². The Bertz CT molecular complexity index is 2460. The topological polar surface area (TPSA) is 204 Å². The average molecular weight is 963 g/mol. The van der Waals surface area contributed by atoms with Crippen molar-refractivity contribution in [3.8, 4) is 28.8 Å². The summed E-state index contributed by atoms with van der Waals surface area (Å²) in [6.07, 6.45) is 4.22. The molecule has 1 saturated heterocycles. The Balaban J connectivity index is 0.00000332. The van der Waals surface area contributed by atoms with Gasteiger partial charge in [-0.25, -0.2) is 27.0 Å². The molecule has 2 aliphatic carbocycles. The Hall–Kier alpha value is -5.59. The van der Waals surface area contributed by atoms with Crippen LogP contribution in [0.4, 0.5) is 13.6 Å². The fourth-order valence-corrected chi connectivity index (χ4v) is 8.81. The van der Waals surface area contributed by atoms with Crippen LogP contribution in [-0.4, -0.2) is 107 Å². The van der Waals surface area contributed by atoms with Crippen molar-refractivity contribution in [1.82, 2.24) is 30.2 Å². The fourth-order valence-electron chi connectivity index (χ4n) is 7.50. The highest BCUT2D eigenvalue weighted by Gasteiger charge is 2.63. The largest absolute Gasteiger partial charge is 0.497 e. The quantitative estimate of drug-likeness (QED) is 0.103. The minimum Gasteiger partial charge on any atom is -0.497 e. The summed E-state index contributed by atoms with van der Waals surface area (Å²) in [5.41, 5.74) is -2.96. The molecule has 3 aliphatic rings. The van der Waals surface area contributed by atoms with Crippen molar-refractivity contribution in [2.75, 3.05) is 13.7 Å². The molecular formula is C48H72F2N6O10S. The summed E-state index contributed by atoms with van der Waals surface area (Å²) in [7, 11) is -2.55. The van der Waals surface area contributed by atoms with Crippen LogP contribution in [0.15, 0.2) is 54.7 Å². The van der Waals surface area contributed by atoms with Gasteiger partial charge < -0.3 is 34.5 Å². The minimum absolute atomic E-state index is 0. The monoisotopic (exact) mass is 962 g/mol. The second-order valence-electron chi connectivity index (χ2n) is 18.6. The number of likely N-dealkylation sites (tertiary alicyclic amines) is 1. The molecule has 3 aromatic rings. The number of allylic oxidation sites excluding steroid dienone is 1. The van der Waals surface area contributed by atoms with E-state index in [1.165, 1.54) is 12.0 Å². The summed E-state index contributed by atoms with van der Waals surface area (Å²) in [5, 5.41) is 6.51. The predicted molar refractivity (Wildman–Crippen MR) is 256 cm³/mol. The molecule has 0 radical (unpaired) electrons. The van der Waals surface area contributed by atoms with E-state index in [4.69, 9.17) is 23.9 Å². The van der Waals surface area contributed by atoms with Gasteiger partial charge in [0, 0.05) is 28.9 Å². The number of amides is 4. The number of aromatic nitrogens is 2. The first-order valence-corrected chi connectivity index (χ1v) is 24.3. The summed E-state index contributed by atoms with van der Waals surface area (Å²) in [4.78, 5) is 67.1. The number of carbonyl (C=O) groups is 4. The van der Waals surface area contributed by atoms with Gasteiger partial charge in [0.15, 0.2) is 5.60 Å². The van der Waals surface area contributed by atoms with E-state index in [0.717, 1.165) is 13.8 Å².